The number of halogens is 2. The molecule has 6 heterocycles. The minimum Gasteiger partial charge on any atom is -0.508 e. The van der Waals surface area contributed by atoms with Crippen LogP contribution < -0.4 is 53.6 Å². The summed E-state index contributed by atoms with van der Waals surface area (Å²) in [6.45, 7) is 3.41. The van der Waals surface area contributed by atoms with Crippen LogP contribution in [0.3, 0.4) is 0 Å². The summed E-state index contributed by atoms with van der Waals surface area (Å²) < 4.78 is 31.2. The summed E-state index contributed by atoms with van der Waals surface area (Å²) in [5.74, 6) is -14.2. The number of amides is 11. The summed E-state index contributed by atoms with van der Waals surface area (Å²) in [6, 6.07) is -0.204. The number of aliphatic carboxylic acids is 1. The predicted octanol–water partition coefficient (Wildman–Crippen LogP) is -0.980. The van der Waals surface area contributed by atoms with E-state index in [0.29, 0.717) is 35.1 Å². The van der Waals surface area contributed by atoms with Gasteiger partial charge < -0.3 is 83.6 Å². The van der Waals surface area contributed by atoms with E-state index in [1.165, 1.54) is 97.7 Å². The SMILES string of the molecule is CC(=O)N[C@H]1CCc2cn(nn2)CCCC[C@@H](C(N)=O)NC(=O)[C@]2(C)CCCN2C(=O)[C@H](Cc2ccc(O)cc2)NC(=O)[C@H](Cc2cnc[nH]2)NC(=O)[C@H](C(=O)O)NC(=O)[C@H](Cc2c[nH]c3ccc(F)cc23)NC(=O)[C@H](Cc2c[nH]c3ccc(F)cc23)NC(=O)CNC(=O)[C@H](C)NC1=O. The number of benzene rings is 3. The summed E-state index contributed by atoms with van der Waals surface area (Å²) in [7, 11) is 0. The number of nitrogens with one attached hydrogen (secondary N) is 12. The molecule has 2 aliphatic rings. The van der Waals surface area contributed by atoms with Crippen LogP contribution in [0.15, 0.2) is 91.8 Å². The fourth-order valence-corrected chi connectivity index (χ4v) is 11.9. The Bertz CT molecular complexity index is 4180. The van der Waals surface area contributed by atoms with E-state index in [1.807, 2.05) is 0 Å². The number of carbonyl (C=O) groups is 12. The van der Waals surface area contributed by atoms with Gasteiger partial charge in [0.05, 0.1) is 18.6 Å². The van der Waals surface area contributed by atoms with Crippen LogP contribution in [0.25, 0.3) is 21.8 Å². The zero-order chi connectivity index (χ0) is 71.2. The first kappa shape index (κ1) is 71.7. The predicted molar refractivity (Wildman–Crippen MR) is 346 cm³/mol. The maximum absolute atomic E-state index is 15.1. The number of aromatic nitrogens is 7. The van der Waals surface area contributed by atoms with Crippen molar-refractivity contribution in [1.29, 1.82) is 0 Å². The maximum atomic E-state index is 15.1. The number of hydrogen-bond donors (Lipinski definition) is 15. The molecule has 3 aromatic carbocycles. The number of aryl methyl sites for hydroxylation is 2. The molecule has 32 nitrogen and oxygen atoms in total. The number of aromatic hydroxyl groups is 1. The molecule has 9 rings (SSSR count). The second kappa shape index (κ2) is 32.0. The van der Waals surface area contributed by atoms with Crippen LogP contribution in [-0.2, 0) is 96.2 Å². The van der Waals surface area contributed by atoms with Gasteiger partial charge >= 0.3 is 5.97 Å². The van der Waals surface area contributed by atoms with Crippen molar-refractivity contribution in [2.24, 2.45) is 5.73 Å². The molecule has 0 radical (unpaired) electrons. The van der Waals surface area contributed by atoms with E-state index in [4.69, 9.17) is 5.73 Å². The normalized spacial score (nSPS) is 23.6. The van der Waals surface area contributed by atoms with Crippen molar-refractivity contribution in [2.75, 3.05) is 13.1 Å². The van der Waals surface area contributed by atoms with Gasteiger partial charge in [-0.25, -0.2) is 18.6 Å². The highest BCUT2D eigenvalue weighted by Gasteiger charge is 2.49. The number of H-pyrrole nitrogens is 3. The minimum atomic E-state index is -2.57. The highest BCUT2D eigenvalue weighted by Crippen LogP contribution is 2.31. The Balaban J connectivity index is 1.05. The lowest BCUT2D eigenvalue weighted by Gasteiger charge is -2.37. The third kappa shape index (κ3) is 18.5. The average Bonchev–Trinajstić information content (AvgIpc) is 1.74. The van der Waals surface area contributed by atoms with Crippen molar-refractivity contribution in [1.82, 2.24) is 87.7 Å². The Morgan fingerprint density at radius 3 is 1.92 bits per heavy atom. The van der Waals surface area contributed by atoms with Gasteiger partial charge in [0.1, 0.15) is 65.2 Å². The van der Waals surface area contributed by atoms with Gasteiger partial charge in [-0.15, -0.1) is 5.10 Å². The number of fused-ring (bicyclic) bond motifs is 5. The summed E-state index contributed by atoms with van der Waals surface area (Å²) in [4.78, 5) is 183. The van der Waals surface area contributed by atoms with Gasteiger partial charge in [-0.05, 0) is 124 Å². The molecule has 2 bridgehead atoms. The molecule has 9 atom stereocenters. The number of primary amides is 1. The van der Waals surface area contributed by atoms with E-state index in [-0.39, 0.29) is 85.0 Å². The lowest BCUT2D eigenvalue weighted by Crippen LogP contribution is -2.63. The molecule has 4 aromatic heterocycles. The van der Waals surface area contributed by atoms with Crippen molar-refractivity contribution < 1.29 is 76.5 Å². The number of carboxylic acids is 1. The van der Waals surface area contributed by atoms with Gasteiger partial charge in [-0.2, -0.15) is 0 Å². The maximum Gasteiger partial charge on any atom is 0.336 e. The van der Waals surface area contributed by atoms with Crippen molar-refractivity contribution in [3.05, 3.63) is 131 Å². The Kier molecular flexibility index (Phi) is 23.1. The van der Waals surface area contributed by atoms with Gasteiger partial charge in [0, 0.05) is 98.0 Å². The van der Waals surface area contributed by atoms with Crippen molar-refractivity contribution >= 4 is 92.8 Å². The molecule has 0 unspecified atom stereocenters. The molecule has 16 N–H and O–H groups in total. The topological polar surface area (TPSA) is 474 Å². The van der Waals surface area contributed by atoms with Gasteiger partial charge in [0.15, 0.2) is 0 Å². The quantitative estimate of drug-likeness (QED) is 0.0692. The fourth-order valence-electron chi connectivity index (χ4n) is 11.9. The van der Waals surface area contributed by atoms with Crippen LogP contribution in [0.1, 0.15) is 87.4 Å². The van der Waals surface area contributed by atoms with Crippen LogP contribution in [0.4, 0.5) is 8.78 Å². The summed E-state index contributed by atoms with van der Waals surface area (Å²) >= 11 is 0. The number of phenolic OH excluding ortho intramolecular Hbond substituents is 1. The molecule has 1 saturated heterocycles. The molecule has 99 heavy (non-hydrogen) atoms. The van der Waals surface area contributed by atoms with E-state index in [2.05, 4.69) is 78.1 Å². The lowest BCUT2D eigenvalue weighted by atomic mass is 9.94. The summed E-state index contributed by atoms with van der Waals surface area (Å²) in [5.41, 5.74) is 6.47. The van der Waals surface area contributed by atoms with Crippen LogP contribution in [0.2, 0.25) is 0 Å². The average molecular weight is 1370 g/mol. The number of nitrogens with zero attached hydrogens (tertiary/aromatic N) is 5. The largest absolute Gasteiger partial charge is 0.508 e. The van der Waals surface area contributed by atoms with E-state index >= 15 is 4.79 Å². The standard InChI is InChI=1S/C65H76F2N18O14/c1-33-56(90)72-30-53(88)76-49(22-36-27-70-45-15-10-38(66)24-43(36)45)58(92)77-50(23-37-28-71-46-16-11-39(67)25-44(37)46)60(94)81-54(63(97)98)61(95)78-51(26-41-29-69-32-73-41)59(93)79-52(21-35-8-13-42(87)14-9-35)62(96)85-20-6-18-65(85,3)64(99)80-47(55(68)89)7-4-5-19-84-31-40(82-83-84)12-17-48(57(91)74-33)75-34(2)86/h8-11,13-16,24-25,27-29,31-33,47-52,54,70-71,87H,4-7,12,17-23,26,30H2,1-3H3,(H2,68,89)(H,69,73)(H,72,90)(H,74,91)(H,75,86)(H,76,88)(H,77,92)(H,78,95)(H,79,93)(H,80,99)(H,81,94)(H,97,98)/t33-,47-,48-,49-,50-,51-,52-,54+,65-/m0/s1. The number of carbonyl (C=O) groups excluding carboxylic acids is 11. The highest BCUT2D eigenvalue weighted by molar-refractivity contribution is 6.07. The number of hydrogen-bond acceptors (Lipinski definition) is 16. The van der Waals surface area contributed by atoms with Crippen LogP contribution >= 0.6 is 0 Å². The number of carboxylic acid groups (broad SMARTS) is 1. The van der Waals surface area contributed by atoms with Crippen LogP contribution in [0, 0.1) is 11.6 Å². The molecule has 2 aliphatic heterocycles. The zero-order valence-electron chi connectivity index (χ0n) is 54.0. The van der Waals surface area contributed by atoms with Gasteiger partial charge in [0.25, 0.3) is 5.91 Å². The second-order valence-electron chi connectivity index (χ2n) is 24.7. The molecule has 0 aliphatic carbocycles. The molecule has 1 fully saturated rings. The second-order valence-corrected chi connectivity index (χ2v) is 24.7. The van der Waals surface area contributed by atoms with E-state index in [9.17, 15) is 71.7 Å². The van der Waals surface area contributed by atoms with Crippen LogP contribution in [-0.4, -0.2) is 188 Å². The monoisotopic (exact) mass is 1370 g/mol. The third-order valence-corrected chi connectivity index (χ3v) is 17.3. The molecule has 11 amide bonds. The molecular weight excluding hydrogens is 1290 g/mol. The Labute approximate surface area is 562 Å². The van der Waals surface area contributed by atoms with E-state index in [1.54, 1.807) is 6.20 Å². The number of rotatable bonds is 11. The first-order valence-corrected chi connectivity index (χ1v) is 31.9. The molecule has 34 heteroatoms. The smallest absolute Gasteiger partial charge is 0.336 e. The number of aromatic amines is 3. The number of nitrogens with two attached hydrogens (primary N) is 1. The Hall–Kier alpha value is -11.6. The summed E-state index contributed by atoms with van der Waals surface area (Å²) in [5, 5.41) is 52.1. The van der Waals surface area contributed by atoms with Crippen molar-refractivity contribution in [3.63, 3.8) is 0 Å². The van der Waals surface area contributed by atoms with Crippen molar-refractivity contribution in [3.8, 4) is 5.75 Å². The first-order chi connectivity index (χ1) is 47.2. The van der Waals surface area contributed by atoms with Gasteiger partial charge in [-0.1, -0.05) is 17.3 Å². The highest BCUT2D eigenvalue weighted by atomic mass is 19.1. The summed E-state index contributed by atoms with van der Waals surface area (Å²) in [6.07, 6.45) is 6.52. The zero-order valence-corrected chi connectivity index (χ0v) is 54.0. The van der Waals surface area contributed by atoms with Gasteiger partial charge in [0.2, 0.25) is 65.1 Å². The molecule has 7 aromatic rings. The molecule has 0 spiro atoms. The Morgan fingerprint density at radius 2 is 1.30 bits per heavy atom. The fraction of sp³-hybridized carbons (Fsp3) is 0.400. The van der Waals surface area contributed by atoms with Gasteiger partial charge in [-0.3, -0.25) is 57.4 Å². The molecule has 0 saturated carbocycles. The van der Waals surface area contributed by atoms with E-state index in [0.717, 1.165) is 18.2 Å². The number of phenols is 1. The van der Waals surface area contributed by atoms with E-state index < -0.39 is 162 Å². The van der Waals surface area contributed by atoms with Crippen LogP contribution in [0.5, 0.6) is 5.75 Å². The van der Waals surface area contributed by atoms with Crippen molar-refractivity contribution in [2.45, 2.75) is 152 Å². The third-order valence-electron chi connectivity index (χ3n) is 17.3. The lowest BCUT2D eigenvalue weighted by molar-refractivity contribution is -0.148. The molecule has 524 valence electrons. The Morgan fingerprint density at radius 1 is 0.687 bits per heavy atom. The molecular formula is C65H76F2N18O14. The first-order valence-electron chi connectivity index (χ1n) is 31.9. The number of imidazole rings is 1. The minimum absolute atomic E-state index is 0.0157.